The molecule has 0 fully saturated rings. The van der Waals surface area contributed by atoms with Gasteiger partial charge in [-0.1, -0.05) is 54.6 Å². The standard InChI is InChI=1S/C18H14N4S/c19-11-10-14-6-8-15(9-7-14)12-20-22-18-21-17(13-23-18)16-4-2-1-3-5-16/h1-9,12-13H,10H2,(H,21,22). The van der Waals surface area contributed by atoms with Crippen LogP contribution in [0.3, 0.4) is 0 Å². The van der Waals surface area contributed by atoms with Crippen LogP contribution in [0.2, 0.25) is 0 Å². The number of nitriles is 1. The van der Waals surface area contributed by atoms with E-state index in [1.807, 2.05) is 60.0 Å². The molecule has 1 N–H and O–H groups in total. The molecule has 0 saturated heterocycles. The number of hydrogen-bond acceptors (Lipinski definition) is 5. The highest BCUT2D eigenvalue weighted by molar-refractivity contribution is 7.14. The van der Waals surface area contributed by atoms with Gasteiger partial charge in [0, 0.05) is 10.9 Å². The summed E-state index contributed by atoms with van der Waals surface area (Å²) in [6.07, 6.45) is 2.16. The summed E-state index contributed by atoms with van der Waals surface area (Å²) < 4.78 is 0. The summed E-state index contributed by atoms with van der Waals surface area (Å²) in [5.41, 5.74) is 6.95. The Labute approximate surface area is 138 Å². The van der Waals surface area contributed by atoms with E-state index in [4.69, 9.17) is 5.26 Å². The Bertz CT molecular complexity index is 829. The van der Waals surface area contributed by atoms with Crippen molar-refractivity contribution in [3.63, 3.8) is 0 Å². The van der Waals surface area contributed by atoms with Crippen LogP contribution in [0.4, 0.5) is 5.13 Å². The van der Waals surface area contributed by atoms with Crippen LogP contribution in [0.25, 0.3) is 11.3 Å². The summed E-state index contributed by atoms with van der Waals surface area (Å²) in [4.78, 5) is 4.51. The maximum atomic E-state index is 8.65. The zero-order valence-corrected chi connectivity index (χ0v) is 13.1. The van der Waals surface area contributed by atoms with E-state index < -0.39 is 0 Å². The van der Waals surface area contributed by atoms with Crippen molar-refractivity contribution in [2.45, 2.75) is 6.42 Å². The minimum atomic E-state index is 0.428. The normalized spacial score (nSPS) is 10.6. The van der Waals surface area contributed by atoms with Crippen LogP contribution in [-0.2, 0) is 6.42 Å². The molecule has 0 spiro atoms. The maximum absolute atomic E-state index is 8.65. The summed E-state index contributed by atoms with van der Waals surface area (Å²) in [7, 11) is 0. The van der Waals surface area contributed by atoms with Gasteiger partial charge in [-0.25, -0.2) is 4.98 Å². The lowest BCUT2D eigenvalue weighted by Gasteiger charge is -1.97. The largest absolute Gasteiger partial charge is 0.253 e. The number of aromatic nitrogens is 1. The van der Waals surface area contributed by atoms with Gasteiger partial charge >= 0.3 is 0 Å². The van der Waals surface area contributed by atoms with Gasteiger partial charge in [0.1, 0.15) is 0 Å². The maximum Gasteiger partial charge on any atom is 0.203 e. The van der Waals surface area contributed by atoms with Gasteiger partial charge < -0.3 is 0 Å². The lowest BCUT2D eigenvalue weighted by molar-refractivity contribution is 1.26. The Morgan fingerprint density at radius 1 is 1.13 bits per heavy atom. The van der Waals surface area contributed by atoms with Gasteiger partial charge in [0.25, 0.3) is 0 Å². The highest BCUT2D eigenvalue weighted by atomic mass is 32.1. The van der Waals surface area contributed by atoms with E-state index in [1.54, 1.807) is 6.21 Å². The first-order valence-corrected chi connectivity index (χ1v) is 7.99. The molecule has 1 heterocycles. The summed E-state index contributed by atoms with van der Waals surface area (Å²) in [5.74, 6) is 0. The van der Waals surface area contributed by atoms with Crippen molar-refractivity contribution < 1.29 is 0 Å². The van der Waals surface area contributed by atoms with Crippen molar-refractivity contribution >= 4 is 22.7 Å². The molecule has 112 valence electrons. The topological polar surface area (TPSA) is 61.1 Å². The molecule has 3 aromatic rings. The molecule has 23 heavy (non-hydrogen) atoms. The Hall–Kier alpha value is -2.97. The molecule has 5 heteroatoms. The predicted octanol–water partition coefficient (Wildman–Crippen LogP) is 4.32. The van der Waals surface area contributed by atoms with E-state index in [0.717, 1.165) is 27.5 Å². The summed E-state index contributed by atoms with van der Waals surface area (Å²) in [5, 5.41) is 15.6. The Balaban J connectivity index is 1.62. The zero-order chi connectivity index (χ0) is 15.9. The quantitative estimate of drug-likeness (QED) is 0.563. The van der Waals surface area contributed by atoms with E-state index >= 15 is 0 Å². The lowest BCUT2D eigenvalue weighted by atomic mass is 10.1. The van der Waals surface area contributed by atoms with Crippen LogP contribution in [0.15, 0.2) is 65.1 Å². The van der Waals surface area contributed by atoms with Crippen LogP contribution in [0.5, 0.6) is 0 Å². The second-order valence-electron chi connectivity index (χ2n) is 4.85. The van der Waals surface area contributed by atoms with E-state index in [1.165, 1.54) is 11.3 Å². The highest BCUT2D eigenvalue weighted by Gasteiger charge is 2.02. The zero-order valence-electron chi connectivity index (χ0n) is 12.3. The fourth-order valence-corrected chi connectivity index (χ4v) is 2.71. The van der Waals surface area contributed by atoms with Gasteiger partial charge in [-0.3, -0.25) is 5.43 Å². The molecule has 0 aliphatic carbocycles. The molecule has 0 aliphatic heterocycles. The summed E-state index contributed by atoms with van der Waals surface area (Å²) in [6, 6.07) is 19.9. The highest BCUT2D eigenvalue weighted by Crippen LogP contribution is 2.24. The number of hydrogen-bond donors (Lipinski definition) is 1. The second-order valence-corrected chi connectivity index (χ2v) is 5.71. The first kappa shape index (κ1) is 14.9. The van der Waals surface area contributed by atoms with Crippen molar-refractivity contribution in [3.05, 3.63) is 71.1 Å². The number of thiazole rings is 1. The molecule has 0 atom stereocenters. The Kier molecular flexibility index (Phi) is 4.77. The monoisotopic (exact) mass is 318 g/mol. The van der Waals surface area contributed by atoms with Gasteiger partial charge in [0.15, 0.2) is 0 Å². The van der Waals surface area contributed by atoms with Gasteiger partial charge in [-0.15, -0.1) is 11.3 Å². The van der Waals surface area contributed by atoms with E-state index in [9.17, 15) is 0 Å². The smallest absolute Gasteiger partial charge is 0.203 e. The second kappa shape index (κ2) is 7.34. The van der Waals surface area contributed by atoms with Crippen LogP contribution >= 0.6 is 11.3 Å². The third-order valence-electron chi connectivity index (χ3n) is 3.21. The average Bonchev–Trinajstić information content (AvgIpc) is 3.06. The number of anilines is 1. The molecule has 0 unspecified atom stereocenters. The van der Waals surface area contributed by atoms with Crippen molar-refractivity contribution in [1.82, 2.24) is 4.98 Å². The molecule has 3 rings (SSSR count). The molecule has 1 aromatic heterocycles. The van der Waals surface area contributed by atoms with Crippen molar-refractivity contribution in [3.8, 4) is 17.3 Å². The Morgan fingerprint density at radius 3 is 2.65 bits per heavy atom. The SMILES string of the molecule is N#CCc1ccc(C=NNc2nc(-c3ccccc3)cs2)cc1. The Morgan fingerprint density at radius 2 is 1.91 bits per heavy atom. The van der Waals surface area contributed by atoms with E-state index in [-0.39, 0.29) is 0 Å². The third-order valence-corrected chi connectivity index (χ3v) is 3.96. The van der Waals surface area contributed by atoms with E-state index in [2.05, 4.69) is 21.6 Å². The predicted molar refractivity (Wildman–Crippen MR) is 94.5 cm³/mol. The molecular formula is C18H14N4S. The minimum Gasteiger partial charge on any atom is -0.253 e. The van der Waals surface area contributed by atoms with Crippen molar-refractivity contribution in [2.24, 2.45) is 5.10 Å². The molecule has 0 saturated carbocycles. The number of rotatable bonds is 5. The summed E-state index contributed by atoms with van der Waals surface area (Å²) in [6.45, 7) is 0. The molecular weight excluding hydrogens is 304 g/mol. The van der Waals surface area contributed by atoms with Gasteiger partial charge in [-0.05, 0) is 11.1 Å². The van der Waals surface area contributed by atoms with E-state index in [0.29, 0.717) is 6.42 Å². The van der Waals surface area contributed by atoms with Crippen LogP contribution < -0.4 is 5.43 Å². The molecule has 4 nitrogen and oxygen atoms in total. The number of hydrazone groups is 1. The lowest BCUT2D eigenvalue weighted by Crippen LogP contribution is -1.90. The van der Waals surface area contributed by atoms with Gasteiger partial charge in [0.2, 0.25) is 5.13 Å². The third kappa shape index (κ3) is 4.02. The van der Waals surface area contributed by atoms with Crippen molar-refractivity contribution in [2.75, 3.05) is 5.43 Å². The van der Waals surface area contributed by atoms with Gasteiger partial charge in [0.05, 0.1) is 24.4 Å². The number of nitrogens with one attached hydrogen (secondary N) is 1. The molecule has 0 amide bonds. The van der Waals surface area contributed by atoms with Crippen LogP contribution in [-0.4, -0.2) is 11.2 Å². The number of benzene rings is 2. The summed E-state index contributed by atoms with van der Waals surface area (Å²) >= 11 is 1.52. The first-order valence-electron chi connectivity index (χ1n) is 7.11. The fraction of sp³-hybridized carbons (Fsp3) is 0.0556. The van der Waals surface area contributed by atoms with Crippen molar-refractivity contribution in [1.29, 1.82) is 5.26 Å². The first-order chi connectivity index (χ1) is 11.3. The van der Waals surface area contributed by atoms with Crippen LogP contribution in [0, 0.1) is 11.3 Å². The minimum absolute atomic E-state index is 0.428. The molecule has 0 radical (unpaired) electrons. The molecule has 2 aromatic carbocycles. The molecule has 0 aliphatic rings. The van der Waals surface area contributed by atoms with Gasteiger partial charge in [-0.2, -0.15) is 10.4 Å². The van der Waals surface area contributed by atoms with Crippen LogP contribution in [0.1, 0.15) is 11.1 Å². The fourth-order valence-electron chi connectivity index (χ4n) is 2.04. The number of nitrogens with zero attached hydrogens (tertiary/aromatic N) is 3. The average molecular weight is 318 g/mol. The molecule has 0 bridgehead atoms.